The van der Waals surface area contributed by atoms with Crippen molar-refractivity contribution in [2.24, 2.45) is 5.73 Å². The van der Waals surface area contributed by atoms with Crippen molar-refractivity contribution in [1.82, 2.24) is 0 Å². The van der Waals surface area contributed by atoms with Crippen LogP contribution in [0.3, 0.4) is 0 Å². The van der Waals surface area contributed by atoms with Gasteiger partial charge < -0.3 is 25.2 Å². The van der Waals surface area contributed by atoms with Crippen LogP contribution in [-0.2, 0) is 14.3 Å². The van der Waals surface area contributed by atoms with Gasteiger partial charge in [-0.1, -0.05) is 0 Å². The highest BCUT2D eigenvalue weighted by atomic mass is 35.5. The van der Waals surface area contributed by atoms with Crippen molar-refractivity contribution in [3.05, 3.63) is 0 Å². The number of likely N-dealkylation sites (N-methyl/N-ethyl adjacent to an activating group) is 1. The number of aliphatic hydroxyl groups is 1. The number of nitrogens with two attached hydrogens (primary N) is 1. The number of hydrogen-bond donors (Lipinski definition) is 3. The molecule has 8 heteroatoms. The Morgan fingerprint density at radius 3 is 2.11 bits per heavy atom. The van der Waals surface area contributed by atoms with E-state index < -0.39 is 30.2 Å². The molecule has 0 aromatic rings. The number of quaternary nitrogens is 1. The summed E-state index contributed by atoms with van der Waals surface area (Å²) >= 11 is 0. The van der Waals surface area contributed by atoms with Gasteiger partial charge in [-0.05, 0) is 6.92 Å². The molecular weight excluding hydrogens is 276 g/mol. The van der Waals surface area contributed by atoms with Gasteiger partial charge in [-0.15, -0.1) is 12.4 Å². The molecule has 114 valence electrons. The van der Waals surface area contributed by atoms with E-state index in [0.717, 1.165) is 0 Å². The average Bonchev–Trinajstić information content (AvgIpc) is 2.11. The zero-order chi connectivity index (χ0) is 14.5. The first kappa shape index (κ1) is 20.4. The Morgan fingerprint density at radius 1 is 1.32 bits per heavy atom. The monoisotopic (exact) mass is 299 g/mol. The van der Waals surface area contributed by atoms with Crippen LogP contribution in [0.5, 0.6) is 0 Å². The zero-order valence-electron chi connectivity index (χ0n) is 11.7. The molecule has 0 aromatic carbocycles. The third-order valence-electron chi connectivity index (χ3n) is 2.23. The molecule has 0 unspecified atom stereocenters. The number of carboxylic acid groups (broad SMARTS) is 1. The summed E-state index contributed by atoms with van der Waals surface area (Å²) in [6, 6.07) is -1.16. The van der Waals surface area contributed by atoms with Gasteiger partial charge >= 0.3 is 11.9 Å². The first-order valence-corrected chi connectivity index (χ1v) is 5.69. The molecule has 4 N–H and O–H groups in total. The van der Waals surface area contributed by atoms with E-state index in [4.69, 9.17) is 15.6 Å². The fraction of sp³-hybridized carbons (Fsp3) is 0.818. The van der Waals surface area contributed by atoms with Crippen LogP contribution in [0.25, 0.3) is 0 Å². The Hall–Kier alpha value is -0.890. The van der Waals surface area contributed by atoms with Crippen molar-refractivity contribution in [3.8, 4) is 0 Å². The fourth-order valence-electron chi connectivity index (χ4n) is 1.39. The van der Waals surface area contributed by atoms with Crippen LogP contribution >= 0.6 is 12.4 Å². The number of aliphatic carboxylic acids is 1. The second-order valence-electron chi connectivity index (χ2n) is 5.40. The number of halogens is 1. The minimum Gasteiger partial charge on any atom is -0.481 e. The standard InChI is InChI=1S/C11H22N2O5.ClH/c1-7(14)10(12)11(17)18-8(5-9(15)16)6-13(2,3)4;/h7-8,10,14H,5-6,12H2,1-4H3;1H/p+1/t7-,8+,10+;/m1./s1. The van der Waals surface area contributed by atoms with Crippen molar-refractivity contribution in [2.45, 2.75) is 31.6 Å². The molecule has 0 radical (unpaired) electrons. The average molecular weight is 300 g/mol. The second-order valence-corrected chi connectivity index (χ2v) is 5.40. The van der Waals surface area contributed by atoms with Crippen LogP contribution in [0.1, 0.15) is 13.3 Å². The van der Waals surface area contributed by atoms with Gasteiger partial charge in [-0.2, -0.15) is 0 Å². The van der Waals surface area contributed by atoms with Gasteiger partial charge in [-0.3, -0.25) is 9.59 Å². The Balaban J connectivity index is 0. The number of carbonyl (C=O) groups is 2. The van der Waals surface area contributed by atoms with E-state index in [0.29, 0.717) is 11.0 Å². The lowest BCUT2D eigenvalue weighted by Gasteiger charge is -2.29. The van der Waals surface area contributed by atoms with Crippen molar-refractivity contribution < 1.29 is 29.0 Å². The number of carboxylic acids is 1. The highest BCUT2D eigenvalue weighted by Gasteiger charge is 2.28. The van der Waals surface area contributed by atoms with E-state index >= 15 is 0 Å². The summed E-state index contributed by atoms with van der Waals surface area (Å²) in [4.78, 5) is 22.3. The Bertz CT molecular complexity index is 304. The molecule has 0 fully saturated rings. The molecule has 0 spiro atoms. The number of hydrogen-bond acceptors (Lipinski definition) is 5. The third kappa shape index (κ3) is 9.66. The van der Waals surface area contributed by atoms with E-state index in [-0.39, 0.29) is 18.8 Å². The molecule has 0 bridgehead atoms. The molecule has 0 aromatic heterocycles. The summed E-state index contributed by atoms with van der Waals surface area (Å²) in [5.41, 5.74) is 5.43. The van der Waals surface area contributed by atoms with Gasteiger partial charge in [0.25, 0.3) is 0 Å². The molecule has 0 amide bonds. The minimum absolute atomic E-state index is 0. The first-order chi connectivity index (χ1) is 8.03. The lowest BCUT2D eigenvalue weighted by molar-refractivity contribution is -0.873. The second kappa shape index (κ2) is 8.31. The van der Waals surface area contributed by atoms with Crippen LogP contribution < -0.4 is 5.73 Å². The maximum atomic E-state index is 11.6. The minimum atomic E-state index is -1.16. The fourth-order valence-corrected chi connectivity index (χ4v) is 1.39. The van der Waals surface area contributed by atoms with E-state index in [2.05, 4.69) is 0 Å². The number of rotatable bonds is 7. The van der Waals surface area contributed by atoms with E-state index in [1.54, 1.807) is 0 Å². The maximum absolute atomic E-state index is 11.6. The predicted octanol–water partition coefficient (Wildman–Crippen LogP) is -0.791. The van der Waals surface area contributed by atoms with E-state index in [9.17, 15) is 14.7 Å². The summed E-state index contributed by atoms with van der Waals surface area (Å²) in [5.74, 6) is -1.84. The SMILES string of the molecule is C[C@@H](O)[C@H](N)C(=O)O[C@@H](CC(=O)O)C[N+](C)(C)C.Cl. The van der Waals surface area contributed by atoms with Gasteiger partial charge in [0.2, 0.25) is 0 Å². The van der Waals surface area contributed by atoms with Crippen molar-refractivity contribution in [3.63, 3.8) is 0 Å². The molecule has 0 rings (SSSR count). The Morgan fingerprint density at radius 2 is 1.79 bits per heavy atom. The molecule has 0 saturated carbocycles. The van der Waals surface area contributed by atoms with Gasteiger partial charge in [0, 0.05) is 0 Å². The molecule has 0 aliphatic rings. The van der Waals surface area contributed by atoms with Crippen molar-refractivity contribution >= 4 is 24.3 Å². The quantitative estimate of drug-likeness (QED) is 0.420. The predicted molar refractivity (Wildman–Crippen MR) is 71.9 cm³/mol. The number of carbonyl (C=O) groups excluding carboxylic acids is 1. The lowest BCUT2D eigenvalue weighted by Crippen LogP contribution is -2.47. The lowest BCUT2D eigenvalue weighted by atomic mass is 10.2. The summed E-state index contributed by atoms with van der Waals surface area (Å²) in [6.07, 6.45) is -2.08. The van der Waals surface area contributed by atoms with Gasteiger partial charge in [0.15, 0.2) is 6.10 Å². The third-order valence-corrected chi connectivity index (χ3v) is 2.23. The summed E-state index contributed by atoms with van der Waals surface area (Å²) in [7, 11) is 5.58. The number of ether oxygens (including phenoxy) is 1. The summed E-state index contributed by atoms with van der Waals surface area (Å²) in [5, 5.41) is 17.9. The molecule has 19 heavy (non-hydrogen) atoms. The van der Waals surface area contributed by atoms with Crippen LogP contribution in [0, 0.1) is 0 Å². The van der Waals surface area contributed by atoms with Crippen LogP contribution in [0.15, 0.2) is 0 Å². The van der Waals surface area contributed by atoms with Gasteiger partial charge in [0.05, 0.1) is 33.7 Å². The molecule has 0 saturated heterocycles. The first-order valence-electron chi connectivity index (χ1n) is 5.69. The molecular formula is C11H24ClN2O5+. The highest BCUT2D eigenvalue weighted by molar-refractivity contribution is 5.85. The molecule has 0 aliphatic carbocycles. The number of nitrogens with zero attached hydrogens (tertiary/aromatic N) is 1. The Labute approximate surface area is 119 Å². The van der Waals surface area contributed by atoms with Gasteiger partial charge in [-0.25, -0.2) is 0 Å². The molecule has 0 heterocycles. The van der Waals surface area contributed by atoms with Gasteiger partial charge in [0.1, 0.15) is 12.6 Å². The van der Waals surface area contributed by atoms with Crippen LogP contribution in [0.2, 0.25) is 0 Å². The smallest absolute Gasteiger partial charge is 0.326 e. The van der Waals surface area contributed by atoms with Crippen molar-refractivity contribution in [2.75, 3.05) is 27.7 Å². The maximum Gasteiger partial charge on any atom is 0.326 e. The largest absolute Gasteiger partial charge is 0.481 e. The molecule has 7 nitrogen and oxygen atoms in total. The van der Waals surface area contributed by atoms with Crippen LogP contribution in [0.4, 0.5) is 0 Å². The normalized spacial score (nSPS) is 15.9. The molecule has 0 aliphatic heterocycles. The van der Waals surface area contributed by atoms with E-state index in [1.165, 1.54) is 6.92 Å². The van der Waals surface area contributed by atoms with E-state index in [1.807, 2.05) is 21.1 Å². The Kier molecular flexibility index (Phi) is 8.94. The number of esters is 1. The van der Waals surface area contributed by atoms with Crippen molar-refractivity contribution in [1.29, 1.82) is 0 Å². The highest BCUT2D eigenvalue weighted by Crippen LogP contribution is 2.07. The summed E-state index contributed by atoms with van der Waals surface area (Å²) < 4.78 is 5.49. The number of aliphatic hydroxyl groups excluding tert-OH is 1. The topological polar surface area (TPSA) is 110 Å². The van der Waals surface area contributed by atoms with Crippen LogP contribution in [-0.4, -0.2) is 72.6 Å². The summed E-state index contributed by atoms with van der Waals surface area (Å²) in [6.45, 7) is 1.72. The zero-order valence-corrected chi connectivity index (χ0v) is 12.5. The molecule has 3 atom stereocenters.